The molecule has 0 saturated heterocycles. The van der Waals surface area contributed by atoms with E-state index in [-0.39, 0.29) is 0 Å². The molecule has 0 amide bonds. The summed E-state index contributed by atoms with van der Waals surface area (Å²) < 4.78 is 12.2. The third kappa shape index (κ3) is 5.81. The third-order valence-electron chi connectivity index (χ3n) is 13.2. The van der Waals surface area contributed by atoms with E-state index in [9.17, 15) is 0 Å². The first kappa shape index (κ1) is 37.7. The van der Waals surface area contributed by atoms with E-state index in [1.54, 1.807) is 0 Å². The number of nitrogens with zero attached hydrogens (tertiary/aromatic N) is 4. The summed E-state index contributed by atoms with van der Waals surface area (Å²) in [6.07, 6.45) is 0. The molecule has 0 aliphatic heterocycles. The lowest BCUT2D eigenvalue weighted by Gasteiger charge is -2.16. The molecule has 12 aromatic rings. The SMILES string of the molecule is Bc1cc(B)c2c(c1B)c1c(B)c(B)cc(B)c1n2-c1cc(-c2cccc3sc4ccccc4c23)c2oc3cc(-c4nc(-c5ccccc5)nc(-c5ccccc5)n4)ccc3c2c1. The minimum absolute atomic E-state index is 0.591. The Morgan fingerprint density at radius 1 is 0.429 bits per heavy atom. The minimum atomic E-state index is 0.591. The average molecular weight is 818 g/mol. The van der Waals surface area contributed by atoms with Crippen molar-refractivity contribution in [2.75, 3.05) is 0 Å². The summed E-state index contributed by atoms with van der Waals surface area (Å²) in [7, 11) is 13.6. The van der Waals surface area contributed by atoms with E-state index in [1.165, 1.54) is 74.8 Å². The molecule has 290 valence electrons. The van der Waals surface area contributed by atoms with Gasteiger partial charge in [0.15, 0.2) is 17.5 Å². The Morgan fingerprint density at radius 3 is 1.63 bits per heavy atom. The van der Waals surface area contributed by atoms with Crippen molar-refractivity contribution in [1.29, 1.82) is 0 Å². The van der Waals surface area contributed by atoms with Gasteiger partial charge in [0.05, 0.1) is 0 Å². The van der Waals surface area contributed by atoms with Crippen LogP contribution in [0.2, 0.25) is 0 Å². The molecule has 4 heterocycles. The van der Waals surface area contributed by atoms with Gasteiger partial charge in [-0.3, -0.25) is 0 Å². The molecule has 0 aliphatic carbocycles. The second kappa shape index (κ2) is 14.3. The van der Waals surface area contributed by atoms with Crippen molar-refractivity contribution in [2.45, 2.75) is 0 Å². The maximum absolute atomic E-state index is 7.15. The molecule has 0 fully saturated rings. The largest absolute Gasteiger partial charge is 0.455 e. The second-order valence-corrected chi connectivity index (χ2v) is 18.1. The number of aromatic nitrogens is 4. The lowest BCUT2D eigenvalue weighted by molar-refractivity contribution is 0.670. The van der Waals surface area contributed by atoms with Crippen molar-refractivity contribution in [3.05, 3.63) is 146 Å². The van der Waals surface area contributed by atoms with E-state index in [0.717, 1.165) is 55.4 Å². The topological polar surface area (TPSA) is 56.7 Å². The fourth-order valence-electron chi connectivity index (χ4n) is 9.97. The smallest absolute Gasteiger partial charge is 0.164 e. The van der Waals surface area contributed by atoms with Crippen LogP contribution in [-0.4, -0.2) is 66.6 Å². The van der Waals surface area contributed by atoms with Crippen molar-refractivity contribution < 1.29 is 4.42 Å². The normalized spacial score (nSPS) is 11.9. The van der Waals surface area contributed by atoms with E-state index in [1.807, 2.05) is 72.0 Å². The zero-order valence-corrected chi connectivity index (χ0v) is 36.8. The Kier molecular flexibility index (Phi) is 8.54. The molecule has 0 radical (unpaired) electrons. The molecule has 0 N–H and O–H groups in total. The lowest BCUT2D eigenvalue weighted by Crippen LogP contribution is -2.33. The number of thiophene rings is 1. The predicted molar refractivity (Wildman–Crippen MR) is 285 cm³/mol. The highest BCUT2D eigenvalue weighted by atomic mass is 32.1. The zero-order chi connectivity index (χ0) is 42.7. The molecule has 12 rings (SSSR count). The zero-order valence-electron chi connectivity index (χ0n) is 36.0. The van der Waals surface area contributed by atoms with Crippen molar-refractivity contribution in [2.24, 2.45) is 0 Å². The van der Waals surface area contributed by atoms with Crippen LogP contribution in [0, 0.1) is 0 Å². The third-order valence-corrected chi connectivity index (χ3v) is 14.3. The summed E-state index contributed by atoms with van der Waals surface area (Å²) in [5.41, 5.74) is 18.0. The van der Waals surface area contributed by atoms with Gasteiger partial charge in [-0.15, -0.1) is 11.3 Å². The Hall–Kier alpha value is -7.02. The Morgan fingerprint density at radius 2 is 1.00 bits per heavy atom. The Balaban J connectivity index is 1.17. The number of furan rings is 1. The van der Waals surface area contributed by atoms with Crippen LogP contribution in [0.15, 0.2) is 150 Å². The van der Waals surface area contributed by atoms with Crippen molar-refractivity contribution >= 4 is 155 Å². The number of fused-ring (bicyclic) bond motifs is 9. The highest BCUT2D eigenvalue weighted by Gasteiger charge is 2.25. The van der Waals surface area contributed by atoms with Gasteiger partial charge in [0.1, 0.15) is 58.2 Å². The standard InChI is InChI=1S/C51H36B6N4OS/c52-34-23-36(54)46-42(44(34)56)43-45(57)35(53)24-37(55)47(43)61(46)28-21-32-29-19-18-27(51-59-49(25-10-3-1-4-11-25)58-50(60-51)26-12-5-2-6-13-26)20-38(29)62-48(32)33(22-28)30-15-9-17-40-41(30)31-14-7-8-16-39(31)63-40/h1-24H,52-57H2. The average Bonchev–Trinajstić information content (AvgIpc) is 4.01. The van der Waals surface area contributed by atoms with Gasteiger partial charge in [0, 0.05) is 69.9 Å². The molecular weight excluding hydrogens is 782 g/mol. The fourth-order valence-corrected chi connectivity index (χ4v) is 11.1. The lowest BCUT2D eigenvalue weighted by atomic mass is 9.71. The molecule has 8 aromatic carbocycles. The maximum Gasteiger partial charge on any atom is 0.164 e. The van der Waals surface area contributed by atoms with Crippen molar-refractivity contribution in [1.82, 2.24) is 19.5 Å². The van der Waals surface area contributed by atoms with E-state index in [2.05, 4.69) is 137 Å². The molecule has 0 bridgehead atoms. The molecule has 5 nitrogen and oxygen atoms in total. The van der Waals surface area contributed by atoms with Crippen LogP contribution in [0.25, 0.3) is 115 Å². The molecule has 4 aromatic heterocycles. The van der Waals surface area contributed by atoms with Crippen LogP contribution in [0.4, 0.5) is 0 Å². The highest BCUT2D eigenvalue weighted by Crippen LogP contribution is 2.45. The first-order chi connectivity index (χ1) is 30.7. The summed E-state index contributed by atoms with van der Waals surface area (Å²) in [4.78, 5) is 15.1. The van der Waals surface area contributed by atoms with Gasteiger partial charge in [0.2, 0.25) is 0 Å². The molecule has 0 spiro atoms. The van der Waals surface area contributed by atoms with Crippen LogP contribution in [0.1, 0.15) is 0 Å². The first-order valence-corrected chi connectivity index (χ1v) is 22.3. The van der Waals surface area contributed by atoms with Gasteiger partial charge in [-0.1, -0.05) is 142 Å². The van der Waals surface area contributed by atoms with E-state index < -0.39 is 0 Å². The minimum Gasteiger partial charge on any atom is -0.455 e. The Labute approximate surface area is 373 Å². The van der Waals surface area contributed by atoms with Gasteiger partial charge in [-0.05, 0) is 52.7 Å². The molecule has 0 unspecified atom stereocenters. The molecule has 0 aliphatic rings. The van der Waals surface area contributed by atoms with Gasteiger partial charge >= 0.3 is 0 Å². The number of rotatable bonds is 5. The molecule has 0 saturated carbocycles. The van der Waals surface area contributed by atoms with E-state index >= 15 is 0 Å². The van der Waals surface area contributed by atoms with Gasteiger partial charge in [0.25, 0.3) is 0 Å². The van der Waals surface area contributed by atoms with Gasteiger partial charge < -0.3 is 8.98 Å². The first-order valence-electron chi connectivity index (χ1n) is 21.5. The second-order valence-electron chi connectivity index (χ2n) is 17.1. The summed E-state index contributed by atoms with van der Waals surface area (Å²) in [5.74, 6) is 1.84. The van der Waals surface area contributed by atoms with Gasteiger partial charge in [-0.2, -0.15) is 0 Å². The monoisotopic (exact) mass is 818 g/mol. The van der Waals surface area contributed by atoms with Crippen LogP contribution >= 0.6 is 11.3 Å². The summed E-state index contributed by atoms with van der Waals surface area (Å²) in [6.45, 7) is 0. The maximum atomic E-state index is 7.15. The molecule has 63 heavy (non-hydrogen) atoms. The van der Waals surface area contributed by atoms with Crippen LogP contribution < -0.4 is 32.8 Å². The number of hydrogen-bond donors (Lipinski definition) is 0. The molecule has 0 atom stereocenters. The summed E-state index contributed by atoms with van der Waals surface area (Å²) >= 11 is 1.84. The molecule has 12 heteroatoms. The van der Waals surface area contributed by atoms with E-state index in [0.29, 0.717) is 17.5 Å². The number of benzene rings is 8. The predicted octanol–water partition coefficient (Wildman–Crippen LogP) is 3.45. The summed E-state index contributed by atoms with van der Waals surface area (Å²) in [6, 6.07) is 51.5. The van der Waals surface area contributed by atoms with Crippen LogP contribution in [0.3, 0.4) is 0 Å². The van der Waals surface area contributed by atoms with Gasteiger partial charge in [-0.25, -0.2) is 15.0 Å². The van der Waals surface area contributed by atoms with E-state index in [4.69, 9.17) is 19.4 Å². The van der Waals surface area contributed by atoms with Crippen LogP contribution in [0.5, 0.6) is 0 Å². The Bertz CT molecular complexity index is 3750. The quantitative estimate of drug-likeness (QED) is 0.250. The number of hydrogen-bond acceptors (Lipinski definition) is 5. The van der Waals surface area contributed by atoms with Crippen molar-refractivity contribution in [3.8, 4) is 51.0 Å². The van der Waals surface area contributed by atoms with Crippen LogP contribution in [-0.2, 0) is 0 Å². The molecular formula is C51H36B6N4OS. The summed E-state index contributed by atoms with van der Waals surface area (Å²) in [5, 5.41) is 7.27. The fraction of sp³-hybridized carbons (Fsp3) is 0. The van der Waals surface area contributed by atoms with Crippen molar-refractivity contribution in [3.63, 3.8) is 0 Å². The highest BCUT2D eigenvalue weighted by molar-refractivity contribution is 7.26.